The molecule has 1 aliphatic rings. The van der Waals surface area contributed by atoms with Crippen molar-refractivity contribution in [2.75, 3.05) is 13.2 Å². The van der Waals surface area contributed by atoms with Crippen LogP contribution in [0.1, 0.15) is 6.42 Å². The topological polar surface area (TPSA) is 49.0 Å². The molecule has 0 aliphatic carbocycles. The van der Waals surface area contributed by atoms with Crippen LogP contribution in [-0.2, 0) is 18.3 Å². The van der Waals surface area contributed by atoms with Gasteiger partial charge in [-0.3, -0.25) is 4.68 Å². The zero-order valence-electron chi connectivity index (χ0n) is 7.64. The van der Waals surface area contributed by atoms with E-state index < -0.39 is 0 Å². The highest BCUT2D eigenvalue weighted by atomic mass is 16.5. The minimum Gasteiger partial charge on any atom is -0.381 e. The zero-order chi connectivity index (χ0) is 9.26. The molecule has 13 heavy (non-hydrogen) atoms. The Morgan fingerprint density at radius 3 is 3.15 bits per heavy atom. The molecule has 0 aromatic carbocycles. The van der Waals surface area contributed by atoms with Crippen molar-refractivity contribution in [2.24, 2.45) is 13.0 Å². The summed E-state index contributed by atoms with van der Waals surface area (Å²) in [6.07, 6.45) is 2.58. The van der Waals surface area contributed by atoms with Crippen LogP contribution in [0.25, 0.3) is 0 Å². The van der Waals surface area contributed by atoms with Crippen LogP contribution < -0.4 is 5.69 Å². The lowest BCUT2D eigenvalue weighted by molar-refractivity contribution is 0.180. The lowest BCUT2D eigenvalue weighted by Crippen LogP contribution is -2.26. The number of aromatic nitrogens is 3. The van der Waals surface area contributed by atoms with Crippen molar-refractivity contribution in [1.29, 1.82) is 0 Å². The molecule has 0 N–H and O–H groups in total. The molecule has 1 aliphatic heterocycles. The van der Waals surface area contributed by atoms with Gasteiger partial charge in [-0.15, -0.1) is 0 Å². The predicted molar refractivity (Wildman–Crippen MR) is 46.4 cm³/mol. The monoisotopic (exact) mass is 183 g/mol. The lowest BCUT2D eigenvalue weighted by Gasteiger charge is -2.09. The number of hydrogen-bond acceptors (Lipinski definition) is 3. The number of ether oxygens (including phenoxy) is 1. The Morgan fingerprint density at radius 1 is 1.77 bits per heavy atom. The third-order valence-electron chi connectivity index (χ3n) is 2.39. The first-order valence-electron chi connectivity index (χ1n) is 4.43. The van der Waals surface area contributed by atoms with Crippen LogP contribution in [0.5, 0.6) is 0 Å². The van der Waals surface area contributed by atoms with E-state index in [4.69, 9.17) is 4.74 Å². The molecule has 1 atom stereocenters. The SMILES string of the molecule is Cn1cnc(=O)n1CC1CCOC1. The van der Waals surface area contributed by atoms with Gasteiger partial charge in [0.05, 0.1) is 6.61 Å². The van der Waals surface area contributed by atoms with E-state index in [9.17, 15) is 4.79 Å². The Balaban J connectivity index is 2.12. The largest absolute Gasteiger partial charge is 0.381 e. The Bertz CT molecular complexity index is 335. The molecule has 2 heterocycles. The summed E-state index contributed by atoms with van der Waals surface area (Å²) in [4.78, 5) is 14.9. The number of aryl methyl sites for hydroxylation is 1. The summed E-state index contributed by atoms with van der Waals surface area (Å²) in [5, 5.41) is 0. The highest BCUT2D eigenvalue weighted by Crippen LogP contribution is 2.13. The van der Waals surface area contributed by atoms with E-state index in [1.165, 1.54) is 6.33 Å². The molecule has 1 aromatic rings. The first-order chi connectivity index (χ1) is 6.27. The van der Waals surface area contributed by atoms with Crippen molar-refractivity contribution < 1.29 is 4.74 Å². The van der Waals surface area contributed by atoms with E-state index in [0.717, 1.165) is 26.2 Å². The first kappa shape index (κ1) is 8.50. The van der Waals surface area contributed by atoms with Crippen molar-refractivity contribution in [3.8, 4) is 0 Å². The molecule has 1 unspecified atom stereocenters. The highest BCUT2D eigenvalue weighted by molar-refractivity contribution is 4.69. The molecule has 0 spiro atoms. The van der Waals surface area contributed by atoms with Crippen molar-refractivity contribution in [3.63, 3.8) is 0 Å². The average Bonchev–Trinajstić information content (AvgIpc) is 2.70. The molecule has 5 nitrogen and oxygen atoms in total. The Labute approximate surface area is 75.9 Å². The summed E-state index contributed by atoms with van der Waals surface area (Å²) in [5.74, 6) is 0.466. The van der Waals surface area contributed by atoms with Gasteiger partial charge in [0.25, 0.3) is 0 Å². The number of rotatable bonds is 2. The van der Waals surface area contributed by atoms with E-state index in [0.29, 0.717) is 5.92 Å². The summed E-state index contributed by atoms with van der Waals surface area (Å²) in [6.45, 7) is 2.30. The van der Waals surface area contributed by atoms with Crippen LogP contribution in [0.15, 0.2) is 11.1 Å². The molecule has 1 fully saturated rings. The van der Waals surface area contributed by atoms with Crippen molar-refractivity contribution in [3.05, 3.63) is 16.8 Å². The van der Waals surface area contributed by atoms with Gasteiger partial charge in [-0.1, -0.05) is 0 Å². The van der Waals surface area contributed by atoms with Gasteiger partial charge in [0.2, 0.25) is 0 Å². The van der Waals surface area contributed by atoms with Crippen molar-refractivity contribution in [1.82, 2.24) is 14.3 Å². The standard InChI is InChI=1S/C8H13N3O2/c1-10-6-9-8(12)11(10)4-7-2-3-13-5-7/h6-7H,2-5H2,1H3. The van der Waals surface area contributed by atoms with Gasteiger partial charge in [-0.2, -0.15) is 4.98 Å². The van der Waals surface area contributed by atoms with Crippen molar-refractivity contribution >= 4 is 0 Å². The van der Waals surface area contributed by atoms with Crippen LogP contribution in [0.2, 0.25) is 0 Å². The molecular weight excluding hydrogens is 170 g/mol. The van der Waals surface area contributed by atoms with E-state index in [1.807, 2.05) is 7.05 Å². The fourth-order valence-corrected chi connectivity index (χ4v) is 1.58. The minimum atomic E-state index is -0.172. The van der Waals surface area contributed by atoms with E-state index >= 15 is 0 Å². The van der Waals surface area contributed by atoms with Gasteiger partial charge in [0.15, 0.2) is 0 Å². The van der Waals surface area contributed by atoms with Crippen LogP contribution in [-0.4, -0.2) is 27.6 Å². The molecular formula is C8H13N3O2. The van der Waals surface area contributed by atoms with Gasteiger partial charge < -0.3 is 4.74 Å². The van der Waals surface area contributed by atoms with Gasteiger partial charge in [-0.25, -0.2) is 9.48 Å². The van der Waals surface area contributed by atoms with Crippen LogP contribution in [0.4, 0.5) is 0 Å². The summed E-state index contributed by atoms with van der Waals surface area (Å²) < 4.78 is 8.60. The third kappa shape index (κ3) is 1.65. The van der Waals surface area contributed by atoms with E-state index in [-0.39, 0.29) is 5.69 Å². The predicted octanol–water partition coefficient (Wildman–Crippen LogP) is -0.382. The average molecular weight is 183 g/mol. The summed E-state index contributed by atoms with van der Waals surface area (Å²) in [5.41, 5.74) is -0.172. The Hall–Kier alpha value is -1.10. The summed E-state index contributed by atoms with van der Waals surface area (Å²) in [6, 6.07) is 0. The molecule has 0 saturated carbocycles. The van der Waals surface area contributed by atoms with Gasteiger partial charge in [0.1, 0.15) is 6.33 Å². The minimum absolute atomic E-state index is 0.172. The Kier molecular flexibility index (Phi) is 2.18. The summed E-state index contributed by atoms with van der Waals surface area (Å²) >= 11 is 0. The third-order valence-corrected chi connectivity index (χ3v) is 2.39. The van der Waals surface area contributed by atoms with Crippen LogP contribution in [0, 0.1) is 5.92 Å². The summed E-state index contributed by atoms with van der Waals surface area (Å²) in [7, 11) is 1.82. The highest BCUT2D eigenvalue weighted by Gasteiger charge is 2.17. The molecule has 1 aromatic heterocycles. The number of hydrogen-bond donors (Lipinski definition) is 0. The zero-order valence-corrected chi connectivity index (χ0v) is 7.64. The van der Waals surface area contributed by atoms with Gasteiger partial charge >= 0.3 is 5.69 Å². The van der Waals surface area contributed by atoms with Gasteiger partial charge in [-0.05, 0) is 6.42 Å². The number of nitrogens with zero attached hydrogens (tertiary/aromatic N) is 3. The second-order valence-corrected chi connectivity index (χ2v) is 3.41. The van der Waals surface area contributed by atoms with Crippen LogP contribution >= 0.6 is 0 Å². The van der Waals surface area contributed by atoms with Crippen molar-refractivity contribution in [2.45, 2.75) is 13.0 Å². The maximum Gasteiger partial charge on any atom is 0.363 e. The quantitative estimate of drug-likeness (QED) is 0.628. The molecule has 0 radical (unpaired) electrons. The van der Waals surface area contributed by atoms with E-state index in [2.05, 4.69) is 4.98 Å². The fraction of sp³-hybridized carbons (Fsp3) is 0.750. The molecule has 0 amide bonds. The molecule has 72 valence electrons. The fourth-order valence-electron chi connectivity index (χ4n) is 1.58. The Morgan fingerprint density at radius 2 is 2.62 bits per heavy atom. The maximum absolute atomic E-state index is 11.2. The second-order valence-electron chi connectivity index (χ2n) is 3.41. The molecule has 1 saturated heterocycles. The molecule has 0 bridgehead atoms. The van der Waals surface area contributed by atoms with Crippen LogP contribution in [0.3, 0.4) is 0 Å². The molecule has 2 rings (SSSR count). The second kappa shape index (κ2) is 3.33. The molecule has 5 heteroatoms. The maximum atomic E-state index is 11.2. The smallest absolute Gasteiger partial charge is 0.363 e. The normalized spacial score (nSPS) is 22.4. The lowest BCUT2D eigenvalue weighted by atomic mass is 10.1. The first-order valence-corrected chi connectivity index (χ1v) is 4.43. The van der Waals surface area contributed by atoms with Gasteiger partial charge in [0, 0.05) is 26.1 Å². The van der Waals surface area contributed by atoms with E-state index in [1.54, 1.807) is 9.36 Å².